The van der Waals surface area contributed by atoms with Gasteiger partial charge in [-0.1, -0.05) is 31.5 Å². The van der Waals surface area contributed by atoms with Crippen LogP contribution in [-0.2, 0) is 11.2 Å². The van der Waals surface area contributed by atoms with Crippen molar-refractivity contribution in [2.45, 2.75) is 52.6 Å². The highest BCUT2D eigenvalue weighted by atomic mass is 35.5. The topological polar surface area (TPSA) is 77.0 Å². The molecule has 9 heteroatoms. The zero-order valence-corrected chi connectivity index (χ0v) is 18.8. The Bertz CT molecular complexity index is 1310. The average Bonchev–Trinajstić information content (AvgIpc) is 3.30. The quantitative estimate of drug-likeness (QED) is 0.411. The van der Waals surface area contributed by atoms with E-state index in [1.54, 1.807) is 49.7 Å². The zero-order chi connectivity index (χ0) is 24.1. The van der Waals surface area contributed by atoms with E-state index < -0.39 is 18.2 Å². The monoisotopic (exact) mass is 442 g/mol. The van der Waals surface area contributed by atoms with E-state index in [2.05, 4.69) is 15.1 Å². The molecule has 4 aromatic rings. The number of aromatic nitrogens is 5. The maximum Gasteiger partial charge on any atom is 0.416 e. The van der Waals surface area contributed by atoms with Crippen LogP contribution in [0.2, 0.25) is 5.15 Å². The molecule has 4 heterocycles. The van der Waals surface area contributed by atoms with Crippen molar-refractivity contribution >= 4 is 34.8 Å². The van der Waals surface area contributed by atoms with Crippen molar-refractivity contribution in [3.05, 3.63) is 59.3 Å². The molecular formula is C22H25ClN6O2. The highest BCUT2D eigenvalue weighted by Crippen LogP contribution is 2.28. The van der Waals surface area contributed by atoms with Crippen LogP contribution in [0.5, 0.6) is 0 Å². The Hall–Kier alpha value is -3.13. The second-order valence-corrected chi connectivity index (χ2v) is 8.83. The molecule has 0 atom stereocenters. The molecular weight excluding hydrogens is 416 g/mol. The number of fused-ring (bicyclic) bond motifs is 2. The van der Waals surface area contributed by atoms with E-state index in [4.69, 9.17) is 19.1 Å². The Kier molecular flexibility index (Phi) is 4.71. The SMILES string of the molecule is [2H]C([2H])(c1cn2ccccc2n1)N(C(=O)OC(C)(C)C)c1cc(Cl)nc2c(C(C)C)cnn12. The Morgan fingerprint density at radius 3 is 2.77 bits per heavy atom. The number of carbonyl (C=O) groups excluding carboxylic acids is 1. The lowest BCUT2D eigenvalue weighted by molar-refractivity contribution is 0.0575. The van der Waals surface area contributed by atoms with Gasteiger partial charge in [-0.15, -0.1) is 0 Å². The maximum atomic E-state index is 13.4. The summed E-state index contributed by atoms with van der Waals surface area (Å²) in [7, 11) is 0. The number of hydrogen-bond donors (Lipinski definition) is 0. The summed E-state index contributed by atoms with van der Waals surface area (Å²) in [6.45, 7) is 6.70. The van der Waals surface area contributed by atoms with Gasteiger partial charge >= 0.3 is 6.09 Å². The summed E-state index contributed by atoms with van der Waals surface area (Å²) in [6, 6.07) is 6.75. The second-order valence-electron chi connectivity index (χ2n) is 8.45. The first kappa shape index (κ1) is 18.6. The van der Waals surface area contributed by atoms with Gasteiger partial charge in [-0.05, 0) is 38.8 Å². The molecule has 0 fully saturated rings. The molecule has 0 aliphatic carbocycles. The fraction of sp³-hybridized carbons (Fsp3) is 0.364. The Labute approximate surface area is 188 Å². The predicted octanol–water partition coefficient (Wildman–Crippen LogP) is 5.10. The molecule has 0 unspecified atom stereocenters. The van der Waals surface area contributed by atoms with Crippen LogP contribution in [0.1, 0.15) is 54.5 Å². The molecule has 0 N–H and O–H groups in total. The molecule has 0 radical (unpaired) electrons. The van der Waals surface area contributed by atoms with Crippen LogP contribution in [0.3, 0.4) is 0 Å². The minimum atomic E-state index is -2.41. The normalized spacial score (nSPS) is 13.5. The van der Waals surface area contributed by atoms with Gasteiger partial charge in [0.2, 0.25) is 0 Å². The zero-order valence-electron chi connectivity index (χ0n) is 20.0. The number of hydrogen-bond acceptors (Lipinski definition) is 5. The number of amides is 1. The summed E-state index contributed by atoms with van der Waals surface area (Å²) in [5, 5.41) is 4.48. The lowest BCUT2D eigenvalue weighted by Crippen LogP contribution is -2.37. The predicted molar refractivity (Wildman–Crippen MR) is 120 cm³/mol. The van der Waals surface area contributed by atoms with E-state index in [-0.39, 0.29) is 22.6 Å². The minimum Gasteiger partial charge on any atom is -0.443 e. The van der Waals surface area contributed by atoms with Crippen LogP contribution < -0.4 is 4.90 Å². The molecule has 4 rings (SSSR count). The van der Waals surface area contributed by atoms with E-state index in [0.717, 1.165) is 10.5 Å². The van der Waals surface area contributed by atoms with Crippen molar-refractivity contribution in [2.24, 2.45) is 0 Å². The number of imidazole rings is 1. The van der Waals surface area contributed by atoms with Crippen molar-refractivity contribution in [1.82, 2.24) is 24.0 Å². The standard InChI is InChI=1S/C22H25ClN6O2/c1-14(2)16-11-24-29-19(10-17(23)26-20(16)29)28(21(30)31-22(3,4)5)13-15-12-27-9-7-6-8-18(27)25-15/h6-12,14H,13H2,1-5H3/i13D2. The van der Waals surface area contributed by atoms with E-state index in [9.17, 15) is 4.79 Å². The molecule has 8 nitrogen and oxygen atoms in total. The lowest BCUT2D eigenvalue weighted by atomic mass is 10.1. The van der Waals surface area contributed by atoms with E-state index in [1.165, 1.54) is 16.8 Å². The molecule has 0 bridgehead atoms. The Morgan fingerprint density at radius 2 is 2.10 bits per heavy atom. The van der Waals surface area contributed by atoms with Crippen molar-refractivity contribution < 1.29 is 12.3 Å². The van der Waals surface area contributed by atoms with Gasteiger partial charge in [0.25, 0.3) is 0 Å². The van der Waals surface area contributed by atoms with Crippen LogP contribution in [0.15, 0.2) is 42.9 Å². The van der Waals surface area contributed by atoms with Gasteiger partial charge < -0.3 is 9.14 Å². The molecule has 1 amide bonds. The fourth-order valence-corrected chi connectivity index (χ4v) is 3.29. The van der Waals surface area contributed by atoms with Crippen LogP contribution in [0.4, 0.5) is 10.6 Å². The van der Waals surface area contributed by atoms with E-state index in [0.29, 0.717) is 11.3 Å². The van der Waals surface area contributed by atoms with Crippen molar-refractivity contribution in [2.75, 3.05) is 4.90 Å². The maximum absolute atomic E-state index is 13.4. The summed E-state index contributed by atoms with van der Waals surface area (Å²) in [5.74, 6) is 0.166. The molecule has 0 saturated carbocycles. The summed E-state index contributed by atoms with van der Waals surface area (Å²) >= 11 is 6.33. The number of ether oxygens (including phenoxy) is 1. The van der Waals surface area contributed by atoms with Crippen LogP contribution in [-0.4, -0.2) is 35.7 Å². The molecule has 162 valence electrons. The van der Waals surface area contributed by atoms with Gasteiger partial charge in [0, 0.05) is 24.0 Å². The van der Waals surface area contributed by atoms with Gasteiger partial charge in [0.05, 0.1) is 21.1 Å². The number of rotatable bonds is 4. The van der Waals surface area contributed by atoms with Crippen LogP contribution in [0, 0.1) is 0 Å². The molecule has 0 saturated heterocycles. The van der Waals surface area contributed by atoms with Gasteiger partial charge in [-0.3, -0.25) is 4.90 Å². The highest BCUT2D eigenvalue weighted by Gasteiger charge is 2.28. The van der Waals surface area contributed by atoms with Crippen molar-refractivity contribution in [3.8, 4) is 0 Å². The van der Waals surface area contributed by atoms with Crippen LogP contribution >= 0.6 is 11.6 Å². The molecule has 31 heavy (non-hydrogen) atoms. The van der Waals surface area contributed by atoms with Gasteiger partial charge in [-0.25, -0.2) is 14.8 Å². The number of halogens is 1. The first-order valence-electron chi connectivity index (χ1n) is 10.9. The molecule has 4 aromatic heterocycles. The molecule has 0 spiro atoms. The largest absolute Gasteiger partial charge is 0.443 e. The number of carbonyl (C=O) groups is 1. The lowest BCUT2D eigenvalue weighted by Gasteiger charge is -2.27. The van der Waals surface area contributed by atoms with Gasteiger partial charge in [-0.2, -0.15) is 9.61 Å². The minimum absolute atomic E-state index is 0.0249. The summed E-state index contributed by atoms with van der Waals surface area (Å²) < 4.78 is 26.6. The van der Waals surface area contributed by atoms with E-state index in [1.807, 2.05) is 19.9 Å². The number of nitrogens with zero attached hydrogens (tertiary/aromatic N) is 6. The first-order chi connectivity index (χ1) is 15.4. The van der Waals surface area contributed by atoms with Crippen LogP contribution in [0.25, 0.3) is 11.3 Å². The van der Waals surface area contributed by atoms with Gasteiger partial charge in [0.15, 0.2) is 5.65 Å². The Morgan fingerprint density at radius 1 is 1.32 bits per heavy atom. The molecule has 0 aliphatic rings. The fourth-order valence-electron chi connectivity index (χ4n) is 3.11. The Balaban J connectivity index is 1.95. The molecule has 0 aromatic carbocycles. The second kappa shape index (κ2) is 7.85. The average molecular weight is 443 g/mol. The van der Waals surface area contributed by atoms with Gasteiger partial charge in [0.1, 0.15) is 22.2 Å². The third-order valence-electron chi connectivity index (χ3n) is 4.47. The molecule has 0 aliphatic heterocycles. The van der Waals surface area contributed by atoms with Crippen molar-refractivity contribution in [1.29, 1.82) is 0 Å². The summed E-state index contributed by atoms with van der Waals surface area (Å²) in [4.78, 5) is 23.1. The third-order valence-corrected chi connectivity index (χ3v) is 4.66. The third kappa shape index (κ3) is 4.34. The summed E-state index contributed by atoms with van der Waals surface area (Å²) in [5.41, 5.74) is 0.951. The van der Waals surface area contributed by atoms with Crippen molar-refractivity contribution in [3.63, 3.8) is 0 Å². The number of pyridine rings is 1. The number of anilines is 1. The first-order valence-corrected chi connectivity index (χ1v) is 10.3. The smallest absolute Gasteiger partial charge is 0.416 e. The summed E-state index contributed by atoms with van der Waals surface area (Å²) in [6.07, 6.45) is 4.02. The van der Waals surface area contributed by atoms with E-state index >= 15 is 0 Å². The highest BCUT2D eigenvalue weighted by molar-refractivity contribution is 6.29.